The Hall–Kier alpha value is -3.12. The second-order valence-corrected chi connectivity index (χ2v) is 9.79. The third-order valence-corrected chi connectivity index (χ3v) is 7.08. The molecule has 0 radical (unpaired) electrons. The summed E-state index contributed by atoms with van der Waals surface area (Å²) >= 11 is 6.60. The largest absolute Gasteiger partial charge is 0.369 e. The minimum atomic E-state index is -0.764. The van der Waals surface area contributed by atoms with Crippen molar-refractivity contribution in [1.29, 1.82) is 0 Å². The van der Waals surface area contributed by atoms with Gasteiger partial charge in [-0.1, -0.05) is 37.6 Å². The van der Waals surface area contributed by atoms with Crippen LogP contribution in [0.3, 0.4) is 0 Å². The van der Waals surface area contributed by atoms with Crippen LogP contribution in [0.1, 0.15) is 56.7 Å². The number of imide groups is 2. The molecule has 33 heavy (non-hydrogen) atoms. The summed E-state index contributed by atoms with van der Waals surface area (Å²) in [6.45, 7) is 8.58. The first-order valence-electron chi connectivity index (χ1n) is 11.1. The minimum absolute atomic E-state index is 0.0108. The van der Waals surface area contributed by atoms with Crippen molar-refractivity contribution in [3.63, 3.8) is 0 Å². The minimum Gasteiger partial charge on any atom is -0.369 e. The Morgan fingerprint density at radius 1 is 1.15 bits per heavy atom. The van der Waals surface area contributed by atoms with E-state index in [1.165, 1.54) is 6.08 Å². The average molecular weight is 466 g/mol. The number of carbonyl (C=O) groups is 3. The number of halogens is 1. The van der Waals surface area contributed by atoms with E-state index in [9.17, 15) is 14.4 Å². The molecule has 2 aliphatic rings. The normalized spacial score (nSPS) is 21.3. The van der Waals surface area contributed by atoms with Crippen molar-refractivity contribution in [2.45, 2.75) is 52.0 Å². The Balaban J connectivity index is 1.75. The molecule has 0 unspecified atom stereocenters. The van der Waals surface area contributed by atoms with Crippen molar-refractivity contribution in [2.75, 3.05) is 16.8 Å². The summed E-state index contributed by atoms with van der Waals surface area (Å²) < 4.78 is 0. The van der Waals surface area contributed by atoms with Gasteiger partial charge < -0.3 is 4.90 Å². The lowest BCUT2D eigenvalue weighted by Crippen LogP contribution is -2.54. The van der Waals surface area contributed by atoms with Crippen molar-refractivity contribution in [2.24, 2.45) is 0 Å². The molecule has 0 saturated carbocycles. The summed E-state index contributed by atoms with van der Waals surface area (Å²) in [5.74, 6) is -1.12. The molecule has 1 saturated heterocycles. The van der Waals surface area contributed by atoms with Gasteiger partial charge in [0.15, 0.2) is 0 Å². The van der Waals surface area contributed by atoms with Gasteiger partial charge in [0.05, 0.1) is 5.69 Å². The van der Waals surface area contributed by atoms with Gasteiger partial charge in [-0.05, 0) is 79.6 Å². The van der Waals surface area contributed by atoms with Crippen LogP contribution in [0.2, 0.25) is 5.02 Å². The number of carbonyl (C=O) groups excluding carboxylic acids is 3. The zero-order valence-electron chi connectivity index (χ0n) is 19.5. The number of aryl methyl sites for hydroxylation is 1. The Labute approximate surface area is 199 Å². The first kappa shape index (κ1) is 23.1. The van der Waals surface area contributed by atoms with Crippen LogP contribution in [0.5, 0.6) is 0 Å². The molecule has 0 aliphatic carbocycles. The Bertz CT molecular complexity index is 1180. The zero-order valence-corrected chi connectivity index (χ0v) is 20.3. The molecule has 1 N–H and O–H groups in total. The molecule has 2 aromatic rings. The molecule has 4 amide bonds. The second kappa shape index (κ2) is 8.34. The molecule has 0 spiro atoms. The van der Waals surface area contributed by atoms with Crippen molar-refractivity contribution in [3.8, 4) is 0 Å². The van der Waals surface area contributed by atoms with Crippen molar-refractivity contribution >= 4 is 46.9 Å². The molecular formula is C26H28ClN3O3. The van der Waals surface area contributed by atoms with Gasteiger partial charge in [0.2, 0.25) is 0 Å². The highest BCUT2D eigenvalue weighted by Crippen LogP contribution is 2.44. The molecule has 2 aliphatic heterocycles. The van der Waals surface area contributed by atoms with E-state index >= 15 is 0 Å². The quantitative estimate of drug-likeness (QED) is 0.494. The van der Waals surface area contributed by atoms with Crippen LogP contribution in [0, 0.1) is 0 Å². The van der Waals surface area contributed by atoms with E-state index in [2.05, 4.69) is 31.0 Å². The smallest absolute Gasteiger partial charge is 0.335 e. The lowest BCUT2D eigenvalue weighted by Gasteiger charge is -2.45. The van der Waals surface area contributed by atoms with Crippen LogP contribution in [-0.4, -0.2) is 30.4 Å². The van der Waals surface area contributed by atoms with E-state index in [-0.39, 0.29) is 17.0 Å². The Morgan fingerprint density at radius 3 is 2.45 bits per heavy atom. The summed E-state index contributed by atoms with van der Waals surface area (Å²) in [6.07, 6.45) is 3.28. The topological polar surface area (TPSA) is 69.7 Å². The highest BCUT2D eigenvalue weighted by atomic mass is 35.5. The third-order valence-electron chi connectivity index (χ3n) is 6.76. The maximum absolute atomic E-state index is 13.2. The highest BCUT2D eigenvalue weighted by molar-refractivity contribution is 6.40. The van der Waals surface area contributed by atoms with E-state index in [0.717, 1.165) is 34.6 Å². The van der Waals surface area contributed by atoms with Crippen LogP contribution < -0.4 is 15.1 Å². The fourth-order valence-corrected chi connectivity index (χ4v) is 4.86. The summed E-state index contributed by atoms with van der Waals surface area (Å²) in [4.78, 5) is 41.5. The number of nitrogens with zero attached hydrogens (tertiary/aromatic N) is 2. The standard InChI is InChI=1S/C26H28ClN3O3/c1-6-16-7-9-18(10-8-16)30-24(32)20(23(31)28-25(30)33)12-17-11-19-15(2)14-26(3,4)29(5)22(19)13-21(17)27/h7-13,15H,6,14H2,1-5H3,(H,28,31,33)/b20-12+/t15-/m1/s1. The number of benzene rings is 2. The molecular weight excluding hydrogens is 438 g/mol. The molecule has 172 valence electrons. The molecule has 0 bridgehead atoms. The number of amides is 4. The number of hydrogen-bond acceptors (Lipinski definition) is 4. The summed E-state index contributed by atoms with van der Waals surface area (Å²) in [5.41, 5.74) is 4.07. The average Bonchev–Trinajstić information content (AvgIpc) is 2.75. The Kier molecular flexibility index (Phi) is 5.83. The van der Waals surface area contributed by atoms with Gasteiger partial charge in [-0.2, -0.15) is 0 Å². The first-order valence-corrected chi connectivity index (χ1v) is 11.5. The van der Waals surface area contributed by atoms with Crippen molar-refractivity contribution < 1.29 is 14.4 Å². The molecule has 6 nitrogen and oxygen atoms in total. The SMILES string of the molecule is CCc1ccc(N2C(=O)NC(=O)/C(=C\c3cc4c(cc3Cl)N(C)C(C)(C)C[C@H]4C)C2=O)cc1. The van der Waals surface area contributed by atoms with Crippen molar-refractivity contribution in [1.82, 2.24) is 5.32 Å². The maximum atomic E-state index is 13.2. The fraction of sp³-hybridized carbons (Fsp3) is 0.346. The zero-order chi connectivity index (χ0) is 24.1. The number of nitrogens with one attached hydrogen (secondary N) is 1. The summed E-state index contributed by atoms with van der Waals surface area (Å²) in [7, 11) is 2.05. The maximum Gasteiger partial charge on any atom is 0.335 e. The molecule has 7 heteroatoms. The Morgan fingerprint density at radius 2 is 1.82 bits per heavy atom. The molecule has 0 aromatic heterocycles. The number of urea groups is 1. The van der Waals surface area contributed by atoms with Gasteiger partial charge in [-0.25, -0.2) is 9.69 Å². The molecule has 2 heterocycles. The highest BCUT2D eigenvalue weighted by Gasteiger charge is 2.38. The van der Waals surface area contributed by atoms with Gasteiger partial charge >= 0.3 is 6.03 Å². The molecule has 1 fully saturated rings. The van der Waals surface area contributed by atoms with E-state index in [1.807, 2.05) is 38.2 Å². The van der Waals surface area contributed by atoms with E-state index < -0.39 is 17.8 Å². The van der Waals surface area contributed by atoms with E-state index in [0.29, 0.717) is 16.3 Å². The van der Waals surface area contributed by atoms with Crippen LogP contribution in [-0.2, 0) is 16.0 Å². The van der Waals surface area contributed by atoms with Gasteiger partial charge in [-0.15, -0.1) is 0 Å². The number of anilines is 2. The van der Waals surface area contributed by atoms with Gasteiger partial charge in [0.1, 0.15) is 5.57 Å². The van der Waals surface area contributed by atoms with E-state index in [4.69, 9.17) is 11.6 Å². The third kappa shape index (κ3) is 4.04. The number of barbiturate groups is 1. The van der Waals surface area contributed by atoms with Gasteiger partial charge in [-0.3, -0.25) is 14.9 Å². The van der Waals surface area contributed by atoms with Crippen LogP contribution in [0.25, 0.3) is 6.08 Å². The van der Waals surface area contributed by atoms with Crippen LogP contribution in [0.4, 0.5) is 16.2 Å². The molecule has 2 aromatic carbocycles. The van der Waals surface area contributed by atoms with E-state index in [1.54, 1.807) is 12.1 Å². The number of hydrogen-bond donors (Lipinski definition) is 1. The molecule has 4 rings (SSSR count). The lowest BCUT2D eigenvalue weighted by molar-refractivity contribution is -0.122. The van der Waals surface area contributed by atoms with Crippen molar-refractivity contribution in [3.05, 3.63) is 63.7 Å². The lowest BCUT2D eigenvalue weighted by atomic mass is 9.80. The first-order chi connectivity index (χ1) is 15.5. The van der Waals surface area contributed by atoms with Gasteiger partial charge in [0.25, 0.3) is 11.8 Å². The monoisotopic (exact) mass is 465 g/mol. The summed E-state index contributed by atoms with van der Waals surface area (Å²) in [6, 6.07) is 10.2. The number of fused-ring (bicyclic) bond motifs is 1. The number of rotatable bonds is 3. The van der Waals surface area contributed by atoms with Crippen LogP contribution in [0.15, 0.2) is 42.0 Å². The van der Waals surface area contributed by atoms with Crippen LogP contribution >= 0.6 is 11.6 Å². The summed E-state index contributed by atoms with van der Waals surface area (Å²) in [5, 5.41) is 2.71. The molecule has 1 atom stereocenters. The predicted octanol–water partition coefficient (Wildman–Crippen LogP) is 5.29. The predicted molar refractivity (Wildman–Crippen MR) is 132 cm³/mol. The van der Waals surface area contributed by atoms with Gasteiger partial charge in [0, 0.05) is 23.3 Å². The second-order valence-electron chi connectivity index (χ2n) is 9.39. The fourth-order valence-electron chi connectivity index (χ4n) is 4.64.